The minimum atomic E-state index is -3.34. The average molecular weight is 394 g/mol. The first kappa shape index (κ1) is 21.1. The third-order valence-corrected chi connectivity index (χ3v) is 6.58. The van der Waals surface area contributed by atoms with Crippen LogP contribution in [-0.2, 0) is 16.4 Å². The zero-order valence-electron chi connectivity index (χ0n) is 16.0. The lowest BCUT2D eigenvalue weighted by Crippen LogP contribution is -2.29. The van der Waals surface area contributed by atoms with E-state index in [9.17, 15) is 18.3 Å². The van der Waals surface area contributed by atoms with Gasteiger partial charge in [0.15, 0.2) is 15.6 Å². The number of aryl methyl sites for hydroxylation is 1. The highest BCUT2D eigenvalue weighted by Gasteiger charge is 2.33. The number of benzene rings is 1. The number of rotatable bonds is 4. The summed E-state index contributed by atoms with van der Waals surface area (Å²) in [6.07, 6.45) is 1.80. The van der Waals surface area contributed by atoms with Gasteiger partial charge in [0.05, 0.1) is 16.8 Å². The first-order chi connectivity index (χ1) is 12.8. The SMILES string of the molecule is CCn1ncc(C(=O)c2ccc3c(c2C)C(NC)CCS3(=O)=O)c1O.CN. The van der Waals surface area contributed by atoms with E-state index in [0.717, 1.165) is 0 Å². The highest BCUT2D eigenvalue weighted by molar-refractivity contribution is 7.91. The Morgan fingerprint density at radius 3 is 2.59 bits per heavy atom. The van der Waals surface area contributed by atoms with Gasteiger partial charge in [0.25, 0.3) is 0 Å². The van der Waals surface area contributed by atoms with Crippen LogP contribution in [0.25, 0.3) is 0 Å². The monoisotopic (exact) mass is 394 g/mol. The molecule has 4 N–H and O–H groups in total. The van der Waals surface area contributed by atoms with Crippen molar-refractivity contribution in [2.45, 2.75) is 37.8 Å². The Hall–Kier alpha value is -2.23. The van der Waals surface area contributed by atoms with E-state index in [0.29, 0.717) is 29.7 Å². The Morgan fingerprint density at radius 2 is 2.04 bits per heavy atom. The largest absolute Gasteiger partial charge is 0.493 e. The second-order valence-corrected chi connectivity index (χ2v) is 8.20. The van der Waals surface area contributed by atoms with E-state index in [4.69, 9.17) is 0 Å². The van der Waals surface area contributed by atoms with Crippen LogP contribution in [0.5, 0.6) is 5.88 Å². The lowest BCUT2D eigenvalue weighted by Gasteiger charge is -2.27. The highest BCUT2D eigenvalue weighted by atomic mass is 32.2. The Labute approximate surface area is 159 Å². The molecule has 2 heterocycles. The molecule has 1 aliphatic heterocycles. The molecule has 1 aromatic heterocycles. The summed E-state index contributed by atoms with van der Waals surface area (Å²) in [5.41, 5.74) is 6.25. The molecule has 1 unspecified atom stereocenters. The highest BCUT2D eigenvalue weighted by Crippen LogP contribution is 2.36. The van der Waals surface area contributed by atoms with Crippen LogP contribution >= 0.6 is 0 Å². The van der Waals surface area contributed by atoms with Crippen molar-refractivity contribution >= 4 is 15.6 Å². The Balaban J connectivity index is 0.00000126. The molecule has 0 aliphatic carbocycles. The molecule has 27 heavy (non-hydrogen) atoms. The number of carbonyl (C=O) groups is 1. The number of aromatic nitrogens is 2. The summed E-state index contributed by atoms with van der Waals surface area (Å²) in [5.74, 6) is -0.458. The summed E-state index contributed by atoms with van der Waals surface area (Å²) >= 11 is 0. The molecule has 1 atom stereocenters. The Bertz CT molecular complexity index is 951. The number of nitrogens with one attached hydrogen (secondary N) is 1. The second-order valence-electron chi connectivity index (χ2n) is 6.13. The number of aromatic hydroxyl groups is 1. The molecule has 0 amide bonds. The molecule has 0 saturated heterocycles. The number of hydrogen-bond acceptors (Lipinski definition) is 7. The van der Waals surface area contributed by atoms with Gasteiger partial charge >= 0.3 is 0 Å². The molecular weight excluding hydrogens is 368 g/mol. The summed E-state index contributed by atoms with van der Waals surface area (Å²) < 4.78 is 26.1. The number of sulfone groups is 1. The lowest BCUT2D eigenvalue weighted by molar-refractivity contribution is 0.103. The van der Waals surface area contributed by atoms with E-state index in [-0.39, 0.29) is 33.9 Å². The molecule has 1 aliphatic rings. The van der Waals surface area contributed by atoms with Crippen LogP contribution in [0.3, 0.4) is 0 Å². The van der Waals surface area contributed by atoms with Gasteiger partial charge in [-0.05, 0) is 57.6 Å². The first-order valence-corrected chi connectivity index (χ1v) is 10.4. The standard InChI is InChI=1S/C17H21N3O4S.CH5N/c1-4-20-17(22)12(9-19-20)16(21)11-5-6-14-15(10(11)2)13(18-3)7-8-25(14,23)24;1-2/h5-6,9,13,18,22H,4,7-8H2,1-3H3;2H2,1H3. The van der Waals surface area contributed by atoms with Crippen molar-refractivity contribution in [3.05, 3.63) is 40.6 Å². The molecule has 9 heteroatoms. The predicted molar refractivity (Wildman–Crippen MR) is 103 cm³/mol. The number of carbonyl (C=O) groups excluding carboxylic acids is 1. The van der Waals surface area contributed by atoms with E-state index in [1.54, 1.807) is 14.0 Å². The zero-order chi connectivity index (χ0) is 20.4. The number of nitrogens with zero attached hydrogens (tertiary/aromatic N) is 2. The van der Waals surface area contributed by atoms with Gasteiger partial charge < -0.3 is 16.2 Å². The molecule has 0 radical (unpaired) electrons. The maximum absolute atomic E-state index is 12.9. The van der Waals surface area contributed by atoms with Gasteiger partial charge in [-0.3, -0.25) is 4.79 Å². The first-order valence-electron chi connectivity index (χ1n) is 8.72. The quantitative estimate of drug-likeness (QED) is 0.664. The number of fused-ring (bicyclic) bond motifs is 1. The van der Waals surface area contributed by atoms with Crippen LogP contribution in [0.15, 0.2) is 23.2 Å². The molecule has 0 bridgehead atoms. The fraction of sp³-hybridized carbons (Fsp3) is 0.444. The van der Waals surface area contributed by atoms with Crippen molar-refractivity contribution in [1.82, 2.24) is 15.1 Å². The molecule has 148 valence electrons. The fourth-order valence-electron chi connectivity index (χ4n) is 3.39. The predicted octanol–water partition coefficient (Wildman–Crippen LogP) is 1.16. The normalized spacial score (nSPS) is 17.6. The molecular formula is C18H26N4O4S. The summed E-state index contributed by atoms with van der Waals surface area (Å²) in [4.78, 5) is 13.2. The Kier molecular flexibility index (Phi) is 6.40. The second kappa shape index (κ2) is 8.20. The van der Waals surface area contributed by atoms with Crippen molar-refractivity contribution in [2.24, 2.45) is 5.73 Å². The molecule has 0 spiro atoms. The van der Waals surface area contributed by atoms with Crippen molar-refractivity contribution in [2.75, 3.05) is 19.8 Å². The van der Waals surface area contributed by atoms with Gasteiger partial charge in [-0.25, -0.2) is 13.1 Å². The van der Waals surface area contributed by atoms with Crippen molar-refractivity contribution in [3.8, 4) is 5.88 Å². The number of ketones is 1. The molecule has 1 aromatic carbocycles. The van der Waals surface area contributed by atoms with Gasteiger partial charge in [-0.2, -0.15) is 5.10 Å². The average Bonchev–Trinajstić information content (AvgIpc) is 3.04. The van der Waals surface area contributed by atoms with Crippen LogP contribution in [-0.4, -0.2) is 48.9 Å². The van der Waals surface area contributed by atoms with Crippen LogP contribution in [0.4, 0.5) is 0 Å². The van der Waals surface area contributed by atoms with Gasteiger partial charge in [0.2, 0.25) is 5.88 Å². The third kappa shape index (κ3) is 3.62. The topological polar surface area (TPSA) is 127 Å². The van der Waals surface area contributed by atoms with Gasteiger partial charge in [0, 0.05) is 18.2 Å². The fourth-order valence-corrected chi connectivity index (χ4v) is 5.06. The summed E-state index contributed by atoms with van der Waals surface area (Å²) in [6.45, 7) is 4.01. The van der Waals surface area contributed by atoms with E-state index >= 15 is 0 Å². The molecule has 2 aromatic rings. The lowest BCUT2D eigenvalue weighted by atomic mass is 9.91. The van der Waals surface area contributed by atoms with Crippen molar-refractivity contribution < 1.29 is 18.3 Å². The number of nitrogens with two attached hydrogens (primary N) is 1. The van der Waals surface area contributed by atoms with Gasteiger partial charge in [0.1, 0.15) is 5.56 Å². The van der Waals surface area contributed by atoms with Crippen LogP contribution < -0.4 is 11.1 Å². The number of hydrogen-bond donors (Lipinski definition) is 3. The summed E-state index contributed by atoms with van der Waals surface area (Å²) in [7, 11) is -0.0646. The van der Waals surface area contributed by atoms with E-state index in [2.05, 4.69) is 16.1 Å². The van der Waals surface area contributed by atoms with Crippen LogP contribution in [0.2, 0.25) is 0 Å². The van der Waals surface area contributed by atoms with Crippen molar-refractivity contribution in [1.29, 1.82) is 0 Å². The summed E-state index contributed by atoms with van der Waals surface area (Å²) in [5, 5.41) is 17.3. The minimum Gasteiger partial charge on any atom is -0.493 e. The minimum absolute atomic E-state index is 0.0856. The van der Waals surface area contributed by atoms with Crippen molar-refractivity contribution in [3.63, 3.8) is 0 Å². The van der Waals surface area contributed by atoms with Gasteiger partial charge in [-0.15, -0.1) is 0 Å². The van der Waals surface area contributed by atoms with Crippen LogP contribution in [0.1, 0.15) is 46.4 Å². The maximum Gasteiger partial charge on any atom is 0.220 e. The molecule has 0 fully saturated rings. The van der Waals surface area contributed by atoms with E-state index < -0.39 is 9.84 Å². The zero-order valence-corrected chi connectivity index (χ0v) is 16.8. The van der Waals surface area contributed by atoms with Crippen LogP contribution in [0, 0.1) is 6.92 Å². The van der Waals surface area contributed by atoms with Gasteiger partial charge in [-0.1, -0.05) is 0 Å². The maximum atomic E-state index is 12.9. The Morgan fingerprint density at radius 1 is 1.37 bits per heavy atom. The third-order valence-electron chi connectivity index (χ3n) is 4.78. The van der Waals surface area contributed by atoms with E-state index in [1.165, 1.54) is 30.1 Å². The smallest absolute Gasteiger partial charge is 0.220 e. The molecule has 0 saturated carbocycles. The molecule has 3 rings (SSSR count). The molecule has 8 nitrogen and oxygen atoms in total. The summed E-state index contributed by atoms with van der Waals surface area (Å²) in [6, 6.07) is 2.89. The van der Waals surface area contributed by atoms with E-state index in [1.807, 2.05) is 6.92 Å².